The maximum atomic E-state index is 10.8. The molecule has 0 amide bonds. The lowest BCUT2D eigenvalue weighted by molar-refractivity contribution is 0.0617. The third kappa shape index (κ3) is 5.23. The van der Waals surface area contributed by atoms with E-state index in [0.29, 0.717) is 0 Å². The van der Waals surface area contributed by atoms with Gasteiger partial charge in [-0.3, -0.25) is 4.55 Å². The minimum absolute atomic E-state index is 0.100. The normalized spacial score (nSPS) is 14.8. The molecule has 0 heterocycles. The van der Waals surface area contributed by atoms with Crippen LogP contribution in [0.5, 0.6) is 0 Å². The molecule has 0 saturated carbocycles. The van der Waals surface area contributed by atoms with Gasteiger partial charge in [0.05, 0.1) is 25.1 Å². The van der Waals surface area contributed by atoms with Crippen molar-refractivity contribution in [3.8, 4) is 0 Å². The molecule has 15 heavy (non-hydrogen) atoms. The highest BCUT2D eigenvalue weighted by molar-refractivity contribution is 8.64. The summed E-state index contributed by atoms with van der Waals surface area (Å²) in [5.41, 5.74) is 0. The molecule has 0 rings (SSSR count). The van der Waals surface area contributed by atoms with E-state index >= 15 is 0 Å². The first-order valence-corrected chi connectivity index (χ1v) is 7.38. The predicted molar refractivity (Wildman–Crippen MR) is 52.4 cm³/mol. The van der Waals surface area contributed by atoms with E-state index in [1.165, 1.54) is 6.08 Å². The Balaban J connectivity index is 4.30. The second-order valence-corrected chi connectivity index (χ2v) is 7.72. The molecule has 0 aromatic rings. The van der Waals surface area contributed by atoms with Gasteiger partial charge in [-0.15, -0.1) is 6.58 Å². The molecule has 0 aromatic heterocycles. The SMILES string of the molecule is C=CCOCC(O)CS(=O)(=O)S(=O)(=O)O. The molecule has 0 aromatic carbocycles. The molecule has 7 nitrogen and oxygen atoms in total. The van der Waals surface area contributed by atoms with Crippen LogP contribution in [0.25, 0.3) is 0 Å². The molecule has 0 aliphatic rings. The number of aliphatic hydroxyl groups is 1. The van der Waals surface area contributed by atoms with Crippen LogP contribution in [0, 0.1) is 0 Å². The van der Waals surface area contributed by atoms with Crippen molar-refractivity contribution in [1.82, 2.24) is 0 Å². The first-order chi connectivity index (χ1) is 6.70. The van der Waals surface area contributed by atoms with Gasteiger partial charge in [0.1, 0.15) is 0 Å². The molecular formula is C6H12O7S2. The quantitative estimate of drug-likeness (QED) is 0.254. The minimum Gasteiger partial charge on any atom is -0.390 e. The largest absolute Gasteiger partial charge is 0.390 e. The van der Waals surface area contributed by atoms with Crippen molar-refractivity contribution in [3.05, 3.63) is 12.7 Å². The summed E-state index contributed by atoms with van der Waals surface area (Å²) in [6, 6.07) is 0. The van der Waals surface area contributed by atoms with Crippen molar-refractivity contribution in [2.75, 3.05) is 19.0 Å². The third-order valence-corrected chi connectivity index (χ3v) is 5.03. The third-order valence-electron chi connectivity index (χ3n) is 1.26. The van der Waals surface area contributed by atoms with Gasteiger partial charge in [-0.05, 0) is 0 Å². The van der Waals surface area contributed by atoms with Gasteiger partial charge in [-0.25, -0.2) is 8.42 Å². The fraction of sp³-hybridized carbons (Fsp3) is 0.667. The van der Waals surface area contributed by atoms with Gasteiger partial charge in [0, 0.05) is 0 Å². The molecular weight excluding hydrogens is 248 g/mol. The Morgan fingerprint density at radius 1 is 1.33 bits per heavy atom. The van der Waals surface area contributed by atoms with Gasteiger partial charge in [-0.1, -0.05) is 6.08 Å². The number of rotatable bonds is 7. The monoisotopic (exact) mass is 260 g/mol. The molecule has 0 spiro atoms. The lowest BCUT2D eigenvalue weighted by Crippen LogP contribution is -2.29. The van der Waals surface area contributed by atoms with Gasteiger partial charge in [0.2, 0.25) is 0 Å². The molecule has 0 fully saturated rings. The summed E-state index contributed by atoms with van der Waals surface area (Å²) in [6.07, 6.45) is -0.138. The highest BCUT2D eigenvalue weighted by Gasteiger charge is 2.30. The second-order valence-electron chi connectivity index (χ2n) is 2.63. The standard InChI is InChI=1S/C6H12O7S2/c1-2-3-13-4-6(7)5-14(8,9)15(10,11)12/h2,6-7H,1,3-5H2,(H,10,11,12). The molecule has 1 atom stereocenters. The zero-order valence-corrected chi connectivity index (χ0v) is 9.37. The summed E-state index contributed by atoms with van der Waals surface area (Å²) < 4.78 is 55.3. The summed E-state index contributed by atoms with van der Waals surface area (Å²) in [4.78, 5) is 0. The summed E-state index contributed by atoms with van der Waals surface area (Å²) in [7, 11) is -9.95. The predicted octanol–water partition coefficient (Wildman–Crippen LogP) is -1.23. The molecule has 1 unspecified atom stereocenters. The lowest BCUT2D eigenvalue weighted by Gasteiger charge is -2.09. The molecule has 0 aliphatic heterocycles. The van der Waals surface area contributed by atoms with E-state index in [4.69, 9.17) is 14.4 Å². The number of ether oxygens (including phenoxy) is 1. The first-order valence-electron chi connectivity index (χ1n) is 3.77. The summed E-state index contributed by atoms with van der Waals surface area (Å²) in [5.74, 6) is -1.11. The van der Waals surface area contributed by atoms with Crippen LogP contribution in [-0.2, 0) is 22.8 Å². The Bertz CT molecular complexity index is 393. The van der Waals surface area contributed by atoms with Crippen molar-refractivity contribution >= 4 is 18.0 Å². The number of hydrogen-bond donors (Lipinski definition) is 2. The molecule has 0 radical (unpaired) electrons. The van der Waals surface area contributed by atoms with Crippen LogP contribution in [0.4, 0.5) is 0 Å². The average molecular weight is 260 g/mol. The first kappa shape index (κ1) is 14.5. The molecule has 0 saturated heterocycles. The van der Waals surface area contributed by atoms with Crippen LogP contribution < -0.4 is 0 Å². The van der Waals surface area contributed by atoms with E-state index in [1.807, 2.05) is 0 Å². The van der Waals surface area contributed by atoms with Gasteiger partial charge in [-0.2, -0.15) is 8.42 Å². The minimum atomic E-state index is -5.19. The van der Waals surface area contributed by atoms with Crippen LogP contribution in [0.15, 0.2) is 12.7 Å². The Morgan fingerprint density at radius 3 is 2.27 bits per heavy atom. The second kappa shape index (κ2) is 5.56. The van der Waals surface area contributed by atoms with Crippen LogP contribution in [-0.4, -0.2) is 51.6 Å². The van der Waals surface area contributed by atoms with Crippen LogP contribution in [0.3, 0.4) is 0 Å². The van der Waals surface area contributed by atoms with Gasteiger partial charge in [0.15, 0.2) is 0 Å². The van der Waals surface area contributed by atoms with Crippen molar-refractivity contribution in [2.45, 2.75) is 6.10 Å². The van der Waals surface area contributed by atoms with Gasteiger partial charge >= 0.3 is 9.15 Å². The number of aliphatic hydroxyl groups excluding tert-OH is 1. The highest BCUT2D eigenvalue weighted by atomic mass is 33.2. The zero-order chi connectivity index (χ0) is 12.1. The van der Waals surface area contributed by atoms with E-state index in [0.717, 1.165) is 0 Å². The summed E-state index contributed by atoms with van der Waals surface area (Å²) in [5, 5.41) is 9.06. The van der Waals surface area contributed by atoms with Crippen molar-refractivity contribution < 1.29 is 31.2 Å². The molecule has 0 aliphatic carbocycles. The Morgan fingerprint density at radius 2 is 1.87 bits per heavy atom. The molecule has 90 valence electrons. The molecule has 0 bridgehead atoms. The summed E-state index contributed by atoms with van der Waals surface area (Å²) in [6.45, 7) is 3.05. The topological polar surface area (TPSA) is 118 Å². The highest BCUT2D eigenvalue weighted by Crippen LogP contribution is 2.03. The average Bonchev–Trinajstić information content (AvgIpc) is 2.01. The Labute approximate surface area is 87.4 Å². The molecule has 9 heteroatoms. The van der Waals surface area contributed by atoms with E-state index in [9.17, 15) is 16.8 Å². The van der Waals surface area contributed by atoms with E-state index in [2.05, 4.69) is 6.58 Å². The van der Waals surface area contributed by atoms with Crippen LogP contribution in [0.2, 0.25) is 0 Å². The zero-order valence-electron chi connectivity index (χ0n) is 7.74. The maximum absolute atomic E-state index is 10.8. The van der Waals surface area contributed by atoms with Crippen LogP contribution >= 0.6 is 0 Å². The number of hydrogen-bond acceptors (Lipinski definition) is 6. The Kier molecular flexibility index (Phi) is 5.38. The molecule has 2 N–H and O–H groups in total. The van der Waals surface area contributed by atoms with Gasteiger partial charge < -0.3 is 9.84 Å². The summed E-state index contributed by atoms with van der Waals surface area (Å²) >= 11 is 0. The lowest BCUT2D eigenvalue weighted by atomic mass is 10.4. The van der Waals surface area contributed by atoms with E-state index in [1.54, 1.807) is 0 Å². The van der Waals surface area contributed by atoms with Crippen LogP contribution in [0.1, 0.15) is 0 Å². The van der Waals surface area contributed by atoms with Crippen molar-refractivity contribution in [3.63, 3.8) is 0 Å². The van der Waals surface area contributed by atoms with E-state index in [-0.39, 0.29) is 13.2 Å². The maximum Gasteiger partial charge on any atom is 0.372 e. The van der Waals surface area contributed by atoms with E-state index < -0.39 is 29.9 Å². The van der Waals surface area contributed by atoms with Crippen molar-refractivity contribution in [2.24, 2.45) is 0 Å². The fourth-order valence-electron chi connectivity index (χ4n) is 0.657. The fourth-order valence-corrected chi connectivity index (χ4v) is 2.38. The smallest absolute Gasteiger partial charge is 0.372 e. The van der Waals surface area contributed by atoms with Gasteiger partial charge in [0.25, 0.3) is 8.87 Å². The Hall–Kier alpha value is -0.480. The van der Waals surface area contributed by atoms with Crippen molar-refractivity contribution in [1.29, 1.82) is 0 Å².